The highest BCUT2D eigenvalue weighted by molar-refractivity contribution is 14.1. The number of hydrogen-bond donors (Lipinski definition) is 0. The van der Waals surface area contributed by atoms with Crippen LogP contribution in [0.2, 0.25) is 0 Å². The lowest BCUT2D eigenvalue weighted by Gasteiger charge is -2.14. The van der Waals surface area contributed by atoms with Gasteiger partial charge in [0, 0.05) is 22.2 Å². The van der Waals surface area contributed by atoms with E-state index in [1.165, 1.54) is 22.0 Å². The third kappa shape index (κ3) is 2.64. The molecule has 2 nitrogen and oxygen atoms in total. The second kappa shape index (κ2) is 5.38. The van der Waals surface area contributed by atoms with Crippen LogP contribution in [-0.4, -0.2) is 17.4 Å². The molecule has 0 aliphatic carbocycles. The second-order valence-electron chi connectivity index (χ2n) is 4.69. The molecule has 92 valence electrons. The molecule has 0 saturated carbocycles. The molecule has 1 aromatic rings. The van der Waals surface area contributed by atoms with E-state index in [-0.39, 0.29) is 5.91 Å². The number of benzene rings is 1. The molecule has 1 amide bonds. The van der Waals surface area contributed by atoms with Gasteiger partial charge < -0.3 is 4.90 Å². The molecule has 0 unspecified atom stereocenters. The number of nitrogens with zero attached hydrogens (tertiary/aromatic N) is 1. The number of halogens is 1. The van der Waals surface area contributed by atoms with Crippen molar-refractivity contribution in [2.24, 2.45) is 0 Å². The zero-order chi connectivity index (χ0) is 12.4. The Labute approximate surface area is 117 Å². The molecular weight excluding hydrogens is 325 g/mol. The van der Waals surface area contributed by atoms with Crippen LogP contribution < -0.4 is 0 Å². The first-order chi connectivity index (χ1) is 8.13. The van der Waals surface area contributed by atoms with Gasteiger partial charge in [0.2, 0.25) is 0 Å². The number of carbonyl (C=O) groups excluding carboxylic acids is 1. The Morgan fingerprint density at radius 3 is 2.82 bits per heavy atom. The highest BCUT2D eigenvalue weighted by atomic mass is 127. The number of unbranched alkanes of at least 4 members (excludes halogenated alkanes) is 2. The number of hydrogen-bond acceptors (Lipinski definition) is 1. The van der Waals surface area contributed by atoms with Gasteiger partial charge in [0.05, 0.1) is 0 Å². The maximum atomic E-state index is 12.2. The lowest BCUT2D eigenvalue weighted by atomic mass is 10.0. The summed E-state index contributed by atoms with van der Waals surface area (Å²) in [7, 11) is 0. The molecule has 0 spiro atoms. The zero-order valence-corrected chi connectivity index (χ0v) is 12.6. The van der Waals surface area contributed by atoms with Gasteiger partial charge in [-0.25, -0.2) is 0 Å². The highest BCUT2D eigenvalue weighted by Crippen LogP contribution is 2.28. The number of carbonyl (C=O) groups is 1. The van der Waals surface area contributed by atoms with E-state index >= 15 is 0 Å². The lowest BCUT2D eigenvalue weighted by molar-refractivity contribution is 0.0775. The number of aryl methyl sites for hydroxylation is 1. The SMILES string of the molecule is CCCCCN1Cc2cc(I)cc(C)c2C1=O. The van der Waals surface area contributed by atoms with Gasteiger partial charge in [-0.15, -0.1) is 0 Å². The average Bonchev–Trinajstić information content (AvgIpc) is 2.56. The Morgan fingerprint density at radius 1 is 1.35 bits per heavy atom. The normalized spacial score (nSPS) is 14.3. The number of rotatable bonds is 4. The van der Waals surface area contributed by atoms with Crippen molar-refractivity contribution in [2.75, 3.05) is 6.54 Å². The van der Waals surface area contributed by atoms with Gasteiger partial charge in [-0.05, 0) is 59.2 Å². The third-order valence-electron chi connectivity index (χ3n) is 3.28. The van der Waals surface area contributed by atoms with Gasteiger partial charge >= 0.3 is 0 Å². The molecule has 1 aliphatic rings. The fourth-order valence-corrected chi connectivity index (χ4v) is 3.26. The van der Waals surface area contributed by atoms with E-state index in [1.807, 2.05) is 11.8 Å². The molecular formula is C14H18INO. The topological polar surface area (TPSA) is 20.3 Å². The van der Waals surface area contributed by atoms with E-state index in [0.29, 0.717) is 0 Å². The first kappa shape index (κ1) is 12.9. The molecule has 3 heteroatoms. The summed E-state index contributed by atoms with van der Waals surface area (Å²) in [5.74, 6) is 0.227. The van der Waals surface area contributed by atoms with Gasteiger partial charge in [-0.1, -0.05) is 19.8 Å². The molecule has 0 aromatic heterocycles. The van der Waals surface area contributed by atoms with Crippen molar-refractivity contribution in [3.63, 3.8) is 0 Å². The fraction of sp³-hybridized carbons (Fsp3) is 0.500. The Bertz CT molecular complexity index is 442. The van der Waals surface area contributed by atoms with Crippen LogP contribution in [0.4, 0.5) is 0 Å². The Morgan fingerprint density at radius 2 is 2.12 bits per heavy atom. The van der Waals surface area contributed by atoms with Gasteiger partial charge in [-0.3, -0.25) is 4.79 Å². The molecule has 0 N–H and O–H groups in total. The summed E-state index contributed by atoms with van der Waals surface area (Å²) < 4.78 is 1.22. The molecule has 2 rings (SSSR count). The Hall–Kier alpha value is -0.580. The van der Waals surface area contributed by atoms with Crippen molar-refractivity contribution in [3.05, 3.63) is 32.4 Å². The van der Waals surface area contributed by atoms with Crippen molar-refractivity contribution >= 4 is 28.5 Å². The minimum atomic E-state index is 0.227. The first-order valence-corrected chi connectivity index (χ1v) is 7.29. The molecule has 0 fully saturated rings. The minimum absolute atomic E-state index is 0.227. The number of fused-ring (bicyclic) bond motifs is 1. The minimum Gasteiger partial charge on any atom is -0.334 e. The van der Waals surface area contributed by atoms with E-state index in [2.05, 4.69) is 41.6 Å². The van der Waals surface area contributed by atoms with Crippen molar-refractivity contribution in [2.45, 2.75) is 39.7 Å². The third-order valence-corrected chi connectivity index (χ3v) is 3.90. The zero-order valence-electron chi connectivity index (χ0n) is 10.4. The Kier molecular flexibility index (Phi) is 4.07. The fourth-order valence-electron chi connectivity index (χ4n) is 2.41. The van der Waals surface area contributed by atoms with Gasteiger partial charge in [0.15, 0.2) is 0 Å². The predicted octanol–water partition coefficient (Wildman–Crippen LogP) is 3.75. The predicted molar refractivity (Wildman–Crippen MR) is 78.2 cm³/mol. The molecule has 0 atom stereocenters. The summed E-state index contributed by atoms with van der Waals surface area (Å²) >= 11 is 2.32. The van der Waals surface area contributed by atoms with Crippen LogP contribution in [0.25, 0.3) is 0 Å². The maximum Gasteiger partial charge on any atom is 0.254 e. The standard InChI is InChI=1S/C14H18INO/c1-3-4-5-6-16-9-11-8-12(15)7-10(2)13(11)14(16)17/h7-8H,3-6,9H2,1-2H3. The van der Waals surface area contributed by atoms with Crippen LogP contribution in [-0.2, 0) is 6.54 Å². The van der Waals surface area contributed by atoms with Crippen LogP contribution in [0.3, 0.4) is 0 Å². The van der Waals surface area contributed by atoms with Crippen LogP contribution >= 0.6 is 22.6 Å². The summed E-state index contributed by atoms with van der Waals surface area (Å²) in [6.07, 6.45) is 3.52. The van der Waals surface area contributed by atoms with E-state index < -0.39 is 0 Å². The second-order valence-corrected chi connectivity index (χ2v) is 5.94. The van der Waals surface area contributed by atoms with E-state index in [1.54, 1.807) is 0 Å². The maximum absolute atomic E-state index is 12.2. The Balaban J connectivity index is 2.15. The largest absolute Gasteiger partial charge is 0.334 e. The molecule has 1 aromatic carbocycles. The molecule has 1 heterocycles. The average molecular weight is 343 g/mol. The molecule has 1 aliphatic heterocycles. The van der Waals surface area contributed by atoms with Crippen LogP contribution in [0.1, 0.15) is 47.7 Å². The highest BCUT2D eigenvalue weighted by Gasteiger charge is 2.28. The van der Waals surface area contributed by atoms with E-state index in [9.17, 15) is 4.79 Å². The molecule has 0 radical (unpaired) electrons. The van der Waals surface area contributed by atoms with Gasteiger partial charge in [0.25, 0.3) is 5.91 Å². The van der Waals surface area contributed by atoms with Crippen LogP contribution in [0, 0.1) is 10.5 Å². The summed E-state index contributed by atoms with van der Waals surface area (Å²) in [5, 5.41) is 0. The van der Waals surface area contributed by atoms with Crippen molar-refractivity contribution in [1.82, 2.24) is 4.90 Å². The first-order valence-electron chi connectivity index (χ1n) is 6.21. The quantitative estimate of drug-likeness (QED) is 0.602. The van der Waals surface area contributed by atoms with Crippen molar-refractivity contribution in [1.29, 1.82) is 0 Å². The van der Waals surface area contributed by atoms with E-state index in [0.717, 1.165) is 30.6 Å². The van der Waals surface area contributed by atoms with Crippen LogP contribution in [0.5, 0.6) is 0 Å². The summed E-state index contributed by atoms with van der Waals surface area (Å²) in [6, 6.07) is 4.23. The molecule has 0 saturated heterocycles. The monoisotopic (exact) mass is 343 g/mol. The number of amides is 1. The van der Waals surface area contributed by atoms with Crippen molar-refractivity contribution < 1.29 is 4.79 Å². The summed E-state index contributed by atoms with van der Waals surface area (Å²) in [4.78, 5) is 14.2. The smallest absolute Gasteiger partial charge is 0.254 e. The van der Waals surface area contributed by atoms with Crippen LogP contribution in [0.15, 0.2) is 12.1 Å². The van der Waals surface area contributed by atoms with Gasteiger partial charge in [0.1, 0.15) is 0 Å². The van der Waals surface area contributed by atoms with Gasteiger partial charge in [-0.2, -0.15) is 0 Å². The van der Waals surface area contributed by atoms with Crippen molar-refractivity contribution in [3.8, 4) is 0 Å². The lowest BCUT2D eigenvalue weighted by Crippen LogP contribution is -2.25. The summed E-state index contributed by atoms with van der Waals surface area (Å²) in [6.45, 7) is 5.93. The van der Waals surface area contributed by atoms with E-state index in [4.69, 9.17) is 0 Å². The molecule has 17 heavy (non-hydrogen) atoms. The molecule has 0 bridgehead atoms. The summed E-state index contributed by atoms with van der Waals surface area (Å²) in [5.41, 5.74) is 3.27.